The number of benzene rings is 1. The van der Waals surface area contributed by atoms with Gasteiger partial charge < -0.3 is 5.11 Å². The molecule has 0 bridgehead atoms. The fraction of sp³-hybridized carbons (Fsp3) is 0.455. The zero-order valence-corrected chi connectivity index (χ0v) is 10.5. The highest BCUT2D eigenvalue weighted by atomic mass is 32.2. The number of halogens is 6. The summed E-state index contributed by atoms with van der Waals surface area (Å²) >= 11 is 0.801. The molecule has 0 atom stereocenters. The van der Waals surface area contributed by atoms with Crippen LogP contribution in [0.4, 0.5) is 26.3 Å². The zero-order chi connectivity index (χ0) is 14.9. The highest BCUT2D eigenvalue weighted by molar-refractivity contribution is 7.99. The van der Waals surface area contributed by atoms with E-state index in [0.717, 1.165) is 23.9 Å². The van der Waals surface area contributed by atoms with Crippen LogP contribution in [0.25, 0.3) is 0 Å². The Morgan fingerprint density at radius 1 is 1.00 bits per heavy atom. The Kier molecular flexibility index (Phi) is 4.46. The lowest BCUT2D eigenvalue weighted by atomic mass is 9.92. The molecule has 0 amide bonds. The lowest BCUT2D eigenvalue weighted by Gasteiger charge is -2.33. The molecule has 0 aliphatic heterocycles. The predicted octanol–water partition coefficient (Wildman–Crippen LogP) is 4.11. The molecule has 1 aromatic rings. The molecule has 0 radical (unpaired) electrons. The normalized spacial score (nSPS) is 13.7. The molecule has 0 aliphatic carbocycles. The van der Waals surface area contributed by atoms with Crippen LogP contribution in [0.2, 0.25) is 0 Å². The summed E-state index contributed by atoms with van der Waals surface area (Å²) in [6.07, 6.45) is -11.7. The van der Waals surface area contributed by atoms with Crippen molar-refractivity contribution in [2.24, 2.45) is 0 Å². The lowest BCUT2D eigenvalue weighted by Crippen LogP contribution is -2.54. The number of thioether (sulfide) groups is 1. The fourth-order valence-corrected chi connectivity index (χ4v) is 2.37. The van der Waals surface area contributed by atoms with Crippen molar-refractivity contribution in [1.29, 1.82) is 0 Å². The molecule has 0 aromatic heterocycles. The molecule has 19 heavy (non-hydrogen) atoms. The first kappa shape index (κ1) is 16.2. The minimum Gasteiger partial charge on any atom is -0.369 e. The first-order valence-corrected chi connectivity index (χ1v) is 6.12. The van der Waals surface area contributed by atoms with Gasteiger partial charge in [-0.05, 0) is 11.8 Å². The molecule has 0 aliphatic rings. The van der Waals surface area contributed by atoms with Crippen LogP contribution in [-0.2, 0) is 5.60 Å². The Balaban J connectivity index is 3.52. The van der Waals surface area contributed by atoms with Crippen molar-refractivity contribution >= 4 is 11.8 Å². The number of hydrogen-bond acceptors (Lipinski definition) is 2. The topological polar surface area (TPSA) is 20.2 Å². The summed E-state index contributed by atoms with van der Waals surface area (Å²) in [4.78, 5) is -0.248. The third-order valence-electron chi connectivity index (χ3n) is 2.40. The maximum Gasteiger partial charge on any atom is 0.430 e. The Morgan fingerprint density at radius 2 is 1.47 bits per heavy atom. The van der Waals surface area contributed by atoms with Crippen molar-refractivity contribution in [2.75, 3.05) is 5.75 Å². The number of alkyl halides is 6. The van der Waals surface area contributed by atoms with Crippen molar-refractivity contribution in [1.82, 2.24) is 0 Å². The van der Waals surface area contributed by atoms with Gasteiger partial charge in [-0.1, -0.05) is 25.1 Å². The number of hydrogen-bond donors (Lipinski definition) is 1. The van der Waals surface area contributed by atoms with Gasteiger partial charge >= 0.3 is 12.4 Å². The van der Waals surface area contributed by atoms with Gasteiger partial charge in [0.05, 0.1) is 0 Å². The van der Waals surface area contributed by atoms with E-state index >= 15 is 0 Å². The standard InChI is InChI=1S/C11H10F6OS/c1-2-19-8-6-4-3-5-7(8)9(18,10(12,13)14)11(15,16)17/h3-6,18H,2H2,1H3. The van der Waals surface area contributed by atoms with Crippen LogP contribution in [0.3, 0.4) is 0 Å². The Bertz CT molecular complexity index is 426. The third kappa shape index (κ3) is 2.84. The van der Waals surface area contributed by atoms with E-state index in [1.165, 1.54) is 6.07 Å². The Labute approximate surface area is 109 Å². The van der Waals surface area contributed by atoms with Crippen molar-refractivity contribution in [2.45, 2.75) is 29.8 Å². The van der Waals surface area contributed by atoms with Gasteiger partial charge in [-0.25, -0.2) is 0 Å². The second-order valence-corrected chi connectivity index (χ2v) is 4.94. The zero-order valence-electron chi connectivity index (χ0n) is 9.64. The molecule has 1 N–H and O–H groups in total. The van der Waals surface area contributed by atoms with Gasteiger partial charge in [0.25, 0.3) is 5.60 Å². The minimum atomic E-state index is -5.85. The average Bonchev–Trinajstić information content (AvgIpc) is 2.26. The lowest BCUT2D eigenvalue weighted by molar-refractivity contribution is -0.377. The monoisotopic (exact) mass is 304 g/mol. The van der Waals surface area contributed by atoms with Crippen molar-refractivity contribution < 1.29 is 31.4 Å². The molecule has 0 unspecified atom stereocenters. The largest absolute Gasteiger partial charge is 0.430 e. The van der Waals surface area contributed by atoms with Gasteiger partial charge in [-0.3, -0.25) is 0 Å². The van der Waals surface area contributed by atoms with E-state index in [2.05, 4.69) is 0 Å². The number of rotatable bonds is 3. The average molecular weight is 304 g/mol. The molecule has 0 fully saturated rings. The SMILES string of the molecule is CCSc1ccccc1C(O)(C(F)(F)F)C(F)(F)F. The van der Waals surface area contributed by atoms with Crippen LogP contribution >= 0.6 is 11.8 Å². The van der Waals surface area contributed by atoms with Crippen LogP contribution < -0.4 is 0 Å². The summed E-state index contributed by atoms with van der Waals surface area (Å²) in [6.45, 7) is 1.58. The predicted molar refractivity (Wildman–Crippen MR) is 58.8 cm³/mol. The molecule has 0 saturated heterocycles. The fourth-order valence-electron chi connectivity index (χ4n) is 1.51. The van der Waals surface area contributed by atoms with Crippen molar-refractivity contribution in [3.63, 3.8) is 0 Å². The molecule has 1 aromatic carbocycles. The summed E-state index contributed by atoms with van der Waals surface area (Å²) in [5, 5.41) is 9.30. The summed E-state index contributed by atoms with van der Waals surface area (Å²) in [5.74, 6) is 0.281. The maximum atomic E-state index is 12.7. The van der Waals surface area contributed by atoms with Crippen LogP contribution in [0.1, 0.15) is 12.5 Å². The van der Waals surface area contributed by atoms with Crippen LogP contribution in [0, 0.1) is 0 Å². The molecular weight excluding hydrogens is 294 g/mol. The molecule has 1 nitrogen and oxygen atoms in total. The van der Waals surface area contributed by atoms with E-state index in [-0.39, 0.29) is 10.6 Å². The second kappa shape index (κ2) is 5.24. The molecule has 0 saturated carbocycles. The van der Waals surface area contributed by atoms with Crippen LogP contribution in [-0.4, -0.2) is 23.2 Å². The summed E-state index contributed by atoms with van der Waals surface area (Å²) in [6, 6.07) is 4.09. The molecule has 0 heterocycles. The van der Waals surface area contributed by atoms with Gasteiger partial charge in [-0.2, -0.15) is 26.3 Å². The van der Waals surface area contributed by atoms with Gasteiger partial charge in [0.2, 0.25) is 0 Å². The van der Waals surface area contributed by atoms with Crippen molar-refractivity contribution in [3.05, 3.63) is 29.8 Å². The Hall–Kier alpha value is -0.890. The molecule has 108 valence electrons. The van der Waals surface area contributed by atoms with Crippen LogP contribution in [0.15, 0.2) is 29.2 Å². The van der Waals surface area contributed by atoms with Gasteiger partial charge in [0.15, 0.2) is 0 Å². The van der Waals surface area contributed by atoms with Gasteiger partial charge in [0, 0.05) is 10.5 Å². The summed E-state index contributed by atoms with van der Waals surface area (Å²) in [5.41, 5.74) is -6.06. The van der Waals surface area contributed by atoms with Gasteiger partial charge in [-0.15, -0.1) is 11.8 Å². The molecule has 1 rings (SSSR count). The maximum absolute atomic E-state index is 12.7. The smallest absolute Gasteiger partial charge is 0.369 e. The van der Waals surface area contributed by atoms with Crippen molar-refractivity contribution in [3.8, 4) is 0 Å². The van der Waals surface area contributed by atoms with E-state index in [0.29, 0.717) is 6.07 Å². The second-order valence-electron chi connectivity index (χ2n) is 3.64. The van der Waals surface area contributed by atoms with E-state index in [1.807, 2.05) is 0 Å². The van der Waals surface area contributed by atoms with Gasteiger partial charge in [0.1, 0.15) is 0 Å². The highest BCUT2D eigenvalue weighted by Gasteiger charge is 2.71. The van der Waals surface area contributed by atoms with E-state index in [4.69, 9.17) is 0 Å². The first-order valence-electron chi connectivity index (χ1n) is 5.13. The molecular formula is C11H10F6OS. The van der Waals surface area contributed by atoms with E-state index in [1.54, 1.807) is 6.92 Å². The van der Waals surface area contributed by atoms with E-state index < -0.39 is 23.5 Å². The summed E-state index contributed by atoms with van der Waals surface area (Å²) < 4.78 is 76.4. The molecule has 0 spiro atoms. The quantitative estimate of drug-likeness (QED) is 0.670. The highest BCUT2D eigenvalue weighted by Crippen LogP contribution is 2.52. The third-order valence-corrected chi connectivity index (χ3v) is 3.35. The number of aliphatic hydroxyl groups is 1. The first-order chi connectivity index (χ1) is 8.55. The molecule has 8 heteroatoms. The van der Waals surface area contributed by atoms with Crippen LogP contribution in [0.5, 0.6) is 0 Å². The summed E-state index contributed by atoms with van der Waals surface area (Å²) in [7, 11) is 0. The minimum absolute atomic E-state index is 0.248. The Morgan fingerprint density at radius 3 is 1.89 bits per heavy atom. The van der Waals surface area contributed by atoms with E-state index in [9.17, 15) is 31.4 Å².